The molecule has 0 N–H and O–H groups in total. The minimum atomic E-state index is -3.46. The highest BCUT2D eigenvalue weighted by molar-refractivity contribution is 9.10. The Hall–Kier alpha value is -0.850. The van der Waals surface area contributed by atoms with Crippen LogP contribution in [0.5, 0.6) is 0 Å². The summed E-state index contributed by atoms with van der Waals surface area (Å²) in [6.45, 7) is 2.22. The van der Waals surface area contributed by atoms with E-state index in [1.165, 1.54) is 15.6 Å². The molecule has 1 aromatic heterocycles. The van der Waals surface area contributed by atoms with E-state index >= 15 is 0 Å². The molecule has 0 unspecified atom stereocenters. The molecule has 0 aliphatic carbocycles. The average molecular weight is 346 g/mol. The van der Waals surface area contributed by atoms with Gasteiger partial charge in [-0.3, -0.25) is 4.31 Å². The number of nitrogens with zero attached hydrogens (tertiary/aromatic N) is 1. The lowest BCUT2D eigenvalue weighted by Crippen LogP contribution is -2.30. The number of thiophene rings is 1. The Kier molecular flexibility index (Phi) is 4.09. The Balaban J connectivity index is 2.51. The molecule has 2 rings (SSSR count). The summed E-state index contributed by atoms with van der Waals surface area (Å²) in [7, 11) is -3.46. The van der Waals surface area contributed by atoms with E-state index in [1.54, 1.807) is 23.6 Å². The molecule has 0 fully saturated rings. The Morgan fingerprint density at radius 2 is 1.94 bits per heavy atom. The molecule has 96 valence electrons. The molecule has 0 aliphatic heterocycles. The van der Waals surface area contributed by atoms with E-state index in [1.807, 2.05) is 25.1 Å². The SMILES string of the molecule is CCN(c1ccccc1Br)S(=O)(=O)c1cccs1. The summed E-state index contributed by atoms with van der Waals surface area (Å²) in [6.07, 6.45) is 0. The standard InChI is InChI=1S/C12H12BrNO2S2/c1-2-14(11-7-4-3-6-10(11)13)18(15,16)12-8-5-9-17-12/h3-9H,2H2,1H3. The smallest absolute Gasteiger partial charge is 0.265 e. The molecule has 1 aromatic carbocycles. The first-order valence-corrected chi connectivity index (χ1v) is 8.49. The van der Waals surface area contributed by atoms with Gasteiger partial charge in [-0.1, -0.05) is 18.2 Å². The molecule has 0 radical (unpaired) electrons. The average Bonchev–Trinajstić information content (AvgIpc) is 2.86. The van der Waals surface area contributed by atoms with E-state index in [4.69, 9.17) is 0 Å². The molecule has 0 spiro atoms. The summed E-state index contributed by atoms with van der Waals surface area (Å²) in [6, 6.07) is 10.7. The third-order valence-corrected chi connectivity index (χ3v) is 6.38. The van der Waals surface area contributed by atoms with Crippen molar-refractivity contribution in [2.45, 2.75) is 11.1 Å². The third kappa shape index (κ3) is 2.46. The zero-order valence-corrected chi connectivity index (χ0v) is 12.9. The summed E-state index contributed by atoms with van der Waals surface area (Å²) < 4.78 is 27.5. The number of benzene rings is 1. The molecule has 3 nitrogen and oxygen atoms in total. The van der Waals surface area contributed by atoms with Crippen LogP contribution in [0.1, 0.15) is 6.92 Å². The Labute approximate surface area is 119 Å². The Bertz CT molecular complexity index is 623. The highest BCUT2D eigenvalue weighted by Gasteiger charge is 2.25. The summed E-state index contributed by atoms with van der Waals surface area (Å²) in [4.78, 5) is 0. The van der Waals surface area contributed by atoms with Gasteiger partial charge in [-0.15, -0.1) is 11.3 Å². The van der Waals surface area contributed by atoms with Crippen molar-refractivity contribution in [1.29, 1.82) is 0 Å². The van der Waals surface area contributed by atoms with Crippen LogP contribution in [0.2, 0.25) is 0 Å². The molecule has 18 heavy (non-hydrogen) atoms. The van der Waals surface area contributed by atoms with Crippen LogP contribution in [-0.4, -0.2) is 15.0 Å². The van der Waals surface area contributed by atoms with Gasteiger partial charge in [0.25, 0.3) is 10.0 Å². The zero-order valence-electron chi connectivity index (χ0n) is 9.71. The van der Waals surface area contributed by atoms with Crippen molar-refractivity contribution in [2.75, 3.05) is 10.8 Å². The molecule has 0 saturated heterocycles. The normalized spacial score (nSPS) is 11.4. The van der Waals surface area contributed by atoms with Crippen molar-refractivity contribution >= 4 is 43.0 Å². The van der Waals surface area contributed by atoms with E-state index in [0.29, 0.717) is 16.4 Å². The highest BCUT2D eigenvalue weighted by atomic mass is 79.9. The highest BCUT2D eigenvalue weighted by Crippen LogP contribution is 2.31. The van der Waals surface area contributed by atoms with Crippen LogP contribution in [0.3, 0.4) is 0 Å². The van der Waals surface area contributed by atoms with Crippen molar-refractivity contribution in [3.63, 3.8) is 0 Å². The van der Waals surface area contributed by atoms with Crippen molar-refractivity contribution in [2.24, 2.45) is 0 Å². The van der Waals surface area contributed by atoms with Gasteiger partial charge in [0, 0.05) is 11.0 Å². The molecule has 0 saturated carbocycles. The van der Waals surface area contributed by atoms with E-state index in [9.17, 15) is 8.42 Å². The Morgan fingerprint density at radius 1 is 1.22 bits per heavy atom. The van der Waals surface area contributed by atoms with Crippen LogP contribution >= 0.6 is 27.3 Å². The van der Waals surface area contributed by atoms with Gasteiger partial charge in [0.2, 0.25) is 0 Å². The number of hydrogen-bond acceptors (Lipinski definition) is 3. The summed E-state index contributed by atoms with van der Waals surface area (Å²) >= 11 is 4.62. The largest absolute Gasteiger partial charge is 0.273 e. The van der Waals surface area contributed by atoms with Gasteiger partial charge in [-0.2, -0.15) is 0 Å². The van der Waals surface area contributed by atoms with Gasteiger partial charge in [0.1, 0.15) is 4.21 Å². The lowest BCUT2D eigenvalue weighted by Gasteiger charge is -2.23. The molecule has 6 heteroatoms. The fraction of sp³-hybridized carbons (Fsp3) is 0.167. The van der Waals surface area contributed by atoms with Crippen LogP contribution in [0, 0.1) is 0 Å². The van der Waals surface area contributed by atoms with Crippen molar-refractivity contribution < 1.29 is 8.42 Å². The van der Waals surface area contributed by atoms with E-state index < -0.39 is 10.0 Å². The van der Waals surface area contributed by atoms with Crippen LogP contribution in [0.4, 0.5) is 5.69 Å². The first kappa shape index (κ1) is 13.6. The third-order valence-electron chi connectivity index (χ3n) is 2.45. The topological polar surface area (TPSA) is 37.4 Å². The van der Waals surface area contributed by atoms with Gasteiger partial charge in [0.15, 0.2) is 0 Å². The quantitative estimate of drug-likeness (QED) is 0.846. The van der Waals surface area contributed by atoms with Crippen LogP contribution in [0.25, 0.3) is 0 Å². The van der Waals surface area contributed by atoms with Crippen molar-refractivity contribution in [3.8, 4) is 0 Å². The zero-order chi connectivity index (χ0) is 13.2. The van der Waals surface area contributed by atoms with Gasteiger partial charge in [-0.25, -0.2) is 8.42 Å². The second kappa shape index (κ2) is 5.42. The molecule has 1 heterocycles. The molecular formula is C12H12BrNO2S2. The number of rotatable bonds is 4. The van der Waals surface area contributed by atoms with Gasteiger partial charge < -0.3 is 0 Å². The van der Waals surface area contributed by atoms with Crippen LogP contribution in [-0.2, 0) is 10.0 Å². The second-order valence-corrected chi connectivity index (χ2v) is 7.44. The molecule has 0 bridgehead atoms. The minimum absolute atomic E-state index is 0.361. The maximum Gasteiger partial charge on any atom is 0.273 e. The van der Waals surface area contributed by atoms with Gasteiger partial charge >= 0.3 is 0 Å². The first-order chi connectivity index (χ1) is 8.57. The maximum absolute atomic E-state index is 12.5. The fourth-order valence-corrected chi connectivity index (χ4v) is 4.86. The van der Waals surface area contributed by atoms with E-state index in [-0.39, 0.29) is 0 Å². The van der Waals surface area contributed by atoms with Crippen LogP contribution in [0.15, 0.2) is 50.5 Å². The number of hydrogen-bond donors (Lipinski definition) is 0. The molecular weight excluding hydrogens is 334 g/mol. The van der Waals surface area contributed by atoms with Gasteiger partial charge in [0.05, 0.1) is 5.69 Å². The predicted octanol–water partition coefficient (Wildman–Crippen LogP) is 3.73. The monoisotopic (exact) mass is 345 g/mol. The summed E-state index contributed by atoms with van der Waals surface area (Å²) in [5.74, 6) is 0. The van der Waals surface area contributed by atoms with Crippen molar-refractivity contribution in [1.82, 2.24) is 0 Å². The maximum atomic E-state index is 12.5. The first-order valence-electron chi connectivity index (χ1n) is 5.38. The second-order valence-electron chi connectivity index (χ2n) is 3.55. The minimum Gasteiger partial charge on any atom is -0.265 e. The van der Waals surface area contributed by atoms with E-state index in [0.717, 1.165) is 4.47 Å². The van der Waals surface area contributed by atoms with Crippen LogP contribution < -0.4 is 4.31 Å². The predicted molar refractivity (Wildman–Crippen MR) is 78.7 cm³/mol. The van der Waals surface area contributed by atoms with Gasteiger partial charge in [-0.05, 0) is 46.4 Å². The van der Waals surface area contributed by atoms with Crippen molar-refractivity contribution in [3.05, 3.63) is 46.3 Å². The molecule has 0 aliphatic rings. The Morgan fingerprint density at radius 3 is 2.50 bits per heavy atom. The lowest BCUT2D eigenvalue weighted by atomic mass is 10.3. The van der Waals surface area contributed by atoms with E-state index in [2.05, 4.69) is 15.9 Å². The lowest BCUT2D eigenvalue weighted by molar-refractivity contribution is 0.594. The number of sulfonamides is 1. The number of anilines is 1. The molecule has 2 aromatic rings. The molecule has 0 atom stereocenters. The fourth-order valence-electron chi connectivity index (χ4n) is 1.64. The molecule has 0 amide bonds. The number of para-hydroxylation sites is 1. The number of halogens is 1. The summed E-state index contributed by atoms with van der Waals surface area (Å²) in [5, 5.41) is 1.76. The summed E-state index contributed by atoms with van der Waals surface area (Å²) in [5.41, 5.74) is 0.661.